The van der Waals surface area contributed by atoms with Gasteiger partial charge in [-0.15, -0.1) is 0 Å². The van der Waals surface area contributed by atoms with Crippen LogP contribution in [0.5, 0.6) is 0 Å². The molecule has 80 valence electrons. The van der Waals surface area contributed by atoms with Crippen LogP contribution in [-0.2, 0) is 16.4 Å². The minimum atomic E-state index is -3.37. The molecule has 0 saturated heterocycles. The normalized spacial score (nSPS) is 11.9. The summed E-state index contributed by atoms with van der Waals surface area (Å²) in [6.07, 6.45) is 0.416. The van der Waals surface area contributed by atoms with Crippen LogP contribution in [0.25, 0.3) is 0 Å². The fourth-order valence-electron chi connectivity index (χ4n) is 0.982. The number of aryl methyl sites for hydroxylation is 1. The Balaban J connectivity index is 2.92. The van der Waals surface area contributed by atoms with E-state index in [9.17, 15) is 8.42 Å². The maximum Gasteiger partial charge on any atom is 0.267 e. The van der Waals surface area contributed by atoms with Gasteiger partial charge in [0.05, 0.1) is 5.75 Å². The van der Waals surface area contributed by atoms with Crippen molar-refractivity contribution in [2.24, 2.45) is 5.73 Å². The molecule has 7 nitrogen and oxygen atoms in total. The van der Waals surface area contributed by atoms with Crippen molar-refractivity contribution < 1.29 is 8.42 Å². The van der Waals surface area contributed by atoms with E-state index in [0.29, 0.717) is 19.5 Å². The first kappa shape index (κ1) is 11.1. The van der Waals surface area contributed by atoms with Crippen LogP contribution >= 0.6 is 0 Å². The Bertz CT molecular complexity index is 385. The zero-order chi connectivity index (χ0) is 10.6. The van der Waals surface area contributed by atoms with Crippen LogP contribution < -0.4 is 5.73 Å². The molecular weight excluding hydrogens is 206 g/mol. The molecule has 0 radical (unpaired) electrons. The Labute approximate surface area is 82.2 Å². The summed E-state index contributed by atoms with van der Waals surface area (Å²) in [6, 6.07) is 0. The van der Waals surface area contributed by atoms with E-state index in [2.05, 4.69) is 15.5 Å². The van der Waals surface area contributed by atoms with Crippen molar-refractivity contribution in [3.63, 3.8) is 0 Å². The van der Waals surface area contributed by atoms with Gasteiger partial charge in [-0.25, -0.2) is 13.1 Å². The number of tetrazole rings is 1. The van der Waals surface area contributed by atoms with Gasteiger partial charge < -0.3 is 5.73 Å². The first-order chi connectivity index (χ1) is 6.61. The second kappa shape index (κ2) is 4.47. The molecular formula is C6H13N5O2S. The average Bonchev–Trinajstić information content (AvgIpc) is 2.63. The first-order valence-electron chi connectivity index (χ1n) is 4.30. The number of nitrogens with two attached hydrogens (primary N) is 1. The van der Waals surface area contributed by atoms with Gasteiger partial charge >= 0.3 is 0 Å². The molecule has 0 aromatic carbocycles. The van der Waals surface area contributed by atoms with E-state index in [1.807, 2.05) is 0 Å². The second-order valence-electron chi connectivity index (χ2n) is 2.74. The molecule has 0 aliphatic carbocycles. The lowest BCUT2D eigenvalue weighted by Crippen LogP contribution is -2.16. The number of hydrogen-bond donors (Lipinski definition) is 1. The molecule has 1 aromatic heterocycles. The monoisotopic (exact) mass is 219 g/mol. The number of hydrogen-bond acceptors (Lipinski definition) is 6. The lowest BCUT2D eigenvalue weighted by Gasteiger charge is -2.01. The van der Waals surface area contributed by atoms with Gasteiger partial charge in [0.15, 0.2) is 0 Å². The fourth-order valence-corrected chi connectivity index (χ4v) is 2.36. The summed E-state index contributed by atoms with van der Waals surface area (Å²) in [5.74, 6) is -0.0100. The van der Waals surface area contributed by atoms with Crippen LogP contribution in [0.4, 0.5) is 0 Å². The van der Waals surface area contributed by atoms with Crippen molar-refractivity contribution in [1.29, 1.82) is 0 Å². The molecule has 0 amide bonds. The SMILES string of the molecule is CCn1nnnc1S(=O)(=O)CCCN. The Morgan fingerprint density at radius 2 is 2.21 bits per heavy atom. The second-order valence-corrected chi connectivity index (χ2v) is 4.74. The molecule has 0 atom stereocenters. The van der Waals surface area contributed by atoms with Crippen molar-refractivity contribution >= 4 is 9.84 Å². The Morgan fingerprint density at radius 3 is 2.79 bits per heavy atom. The third-order valence-corrected chi connectivity index (χ3v) is 3.37. The molecule has 0 saturated carbocycles. The zero-order valence-electron chi connectivity index (χ0n) is 7.92. The first-order valence-corrected chi connectivity index (χ1v) is 5.96. The topological polar surface area (TPSA) is 104 Å². The molecule has 0 fully saturated rings. The lowest BCUT2D eigenvalue weighted by atomic mass is 10.5. The van der Waals surface area contributed by atoms with Crippen LogP contribution in [0.2, 0.25) is 0 Å². The Kier molecular flexibility index (Phi) is 3.53. The Morgan fingerprint density at radius 1 is 1.50 bits per heavy atom. The lowest BCUT2D eigenvalue weighted by molar-refractivity contribution is 0.540. The highest BCUT2D eigenvalue weighted by atomic mass is 32.2. The number of aromatic nitrogens is 4. The van der Waals surface area contributed by atoms with Crippen molar-refractivity contribution in [1.82, 2.24) is 20.2 Å². The van der Waals surface area contributed by atoms with E-state index in [0.717, 1.165) is 0 Å². The van der Waals surface area contributed by atoms with Gasteiger partial charge in [-0.05, 0) is 30.3 Å². The van der Waals surface area contributed by atoms with Gasteiger partial charge in [0, 0.05) is 6.54 Å². The molecule has 1 heterocycles. The van der Waals surface area contributed by atoms with Crippen LogP contribution in [0.3, 0.4) is 0 Å². The molecule has 1 rings (SSSR count). The molecule has 0 unspecified atom stereocenters. The summed E-state index contributed by atoms with van der Waals surface area (Å²) >= 11 is 0. The molecule has 8 heteroatoms. The molecule has 2 N–H and O–H groups in total. The highest BCUT2D eigenvalue weighted by molar-refractivity contribution is 7.91. The quantitative estimate of drug-likeness (QED) is 0.668. The average molecular weight is 219 g/mol. The predicted molar refractivity (Wildman–Crippen MR) is 49.2 cm³/mol. The standard InChI is InChI=1S/C6H13N5O2S/c1-2-11-6(8-9-10-11)14(12,13)5-3-4-7/h2-5,7H2,1H3. The minimum absolute atomic E-state index is 0.0100. The summed E-state index contributed by atoms with van der Waals surface area (Å²) in [4.78, 5) is 0. The maximum absolute atomic E-state index is 11.6. The van der Waals surface area contributed by atoms with E-state index >= 15 is 0 Å². The number of rotatable bonds is 5. The van der Waals surface area contributed by atoms with Crippen LogP contribution in [0, 0.1) is 0 Å². The molecule has 0 aliphatic heterocycles. The van der Waals surface area contributed by atoms with Gasteiger partial charge in [0.2, 0.25) is 9.84 Å². The summed E-state index contributed by atoms with van der Waals surface area (Å²) in [5.41, 5.74) is 5.24. The number of nitrogens with zero attached hydrogens (tertiary/aromatic N) is 4. The zero-order valence-corrected chi connectivity index (χ0v) is 8.74. The molecule has 0 spiro atoms. The van der Waals surface area contributed by atoms with Gasteiger partial charge in [-0.2, -0.15) is 0 Å². The largest absolute Gasteiger partial charge is 0.330 e. The van der Waals surface area contributed by atoms with Crippen molar-refractivity contribution in [2.75, 3.05) is 12.3 Å². The van der Waals surface area contributed by atoms with Gasteiger partial charge in [0.25, 0.3) is 5.16 Å². The van der Waals surface area contributed by atoms with E-state index < -0.39 is 9.84 Å². The van der Waals surface area contributed by atoms with Crippen LogP contribution in [-0.4, -0.2) is 40.9 Å². The Hall–Kier alpha value is -1.02. The highest BCUT2D eigenvalue weighted by Crippen LogP contribution is 2.06. The maximum atomic E-state index is 11.6. The van der Waals surface area contributed by atoms with Gasteiger partial charge in [-0.1, -0.05) is 5.10 Å². The van der Waals surface area contributed by atoms with E-state index in [-0.39, 0.29) is 10.9 Å². The molecule has 14 heavy (non-hydrogen) atoms. The van der Waals surface area contributed by atoms with Gasteiger partial charge in [-0.3, -0.25) is 0 Å². The van der Waals surface area contributed by atoms with Crippen molar-refractivity contribution in [3.8, 4) is 0 Å². The smallest absolute Gasteiger partial charge is 0.267 e. The van der Waals surface area contributed by atoms with E-state index in [1.165, 1.54) is 4.68 Å². The van der Waals surface area contributed by atoms with Crippen molar-refractivity contribution in [3.05, 3.63) is 0 Å². The third-order valence-electron chi connectivity index (χ3n) is 1.69. The third kappa shape index (κ3) is 2.26. The van der Waals surface area contributed by atoms with Crippen molar-refractivity contribution in [2.45, 2.75) is 25.0 Å². The summed E-state index contributed by atoms with van der Waals surface area (Å²) in [7, 11) is -3.37. The van der Waals surface area contributed by atoms with E-state index in [4.69, 9.17) is 5.73 Å². The fraction of sp³-hybridized carbons (Fsp3) is 0.833. The van der Waals surface area contributed by atoms with Crippen LogP contribution in [0.15, 0.2) is 5.16 Å². The van der Waals surface area contributed by atoms with E-state index in [1.54, 1.807) is 6.92 Å². The molecule has 0 bridgehead atoms. The summed E-state index contributed by atoms with van der Waals surface area (Å²) < 4.78 is 24.5. The molecule has 1 aromatic rings. The van der Waals surface area contributed by atoms with Crippen LogP contribution in [0.1, 0.15) is 13.3 Å². The molecule has 0 aliphatic rings. The van der Waals surface area contributed by atoms with Gasteiger partial charge in [0.1, 0.15) is 0 Å². The minimum Gasteiger partial charge on any atom is -0.330 e. The number of sulfone groups is 1. The summed E-state index contributed by atoms with van der Waals surface area (Å²) in [5, 5.41) is 10.3. The summed E-state index contributed by atoms with van der Waals surface area (Å²) in [6.45, 7) is 2.55. The highest BCUT2D eigenvalue weighted by Gasteiger charge is 2.21. The predicted octanol–water partition coefficient (Wildman–Crippen LogP) is -1.18.